The summed E-state index contributed by atoms with van der Waals surface area (Å²) in [5.74, 6) is 0.939. The molecule has 0 aliphatic rings. The van der Waals surface area contributed by atoms with Crippen LogP contribution in [0.1, 0.15) is 5.56 Å². The molecule has 0 amide bonds. The molecule has 0 aliphatic heterocycles. The third-order valence-electron chi connectivity index (χ3n) is 2.15. The first-order valence-electron chi connectivity index (χ1n) is 5.63. The number of ether oxygens (including phenoxy) is 2. The smallest absolute Gasteiger partial charge is 0.0960 e. The maximum absolute atomic E-state index is 4.99. The molecule has 1 N–H and O–H groups in total. The van der Waals surface area contributed by atoms with Crippen LogP contribution in [-0.2, 0) is 16.0 Å². The molecule has 4 nitrogen and oxygen atoms in total. The normalized spacial score (nSPS) is 10.7. The molecule has 0 radical (unpaired) electrons. The number of hydrogen-bond acceptors (Lipinski definition) is 5. The van der Waals surface area contributed by atoms with E-state index >= 15 is 0 Å². The summed E-state index contributed by atoms with van der Waals surface area (Å²) in [7, 11) is 3.41. The quantitative estimate of drug-likeness (QED) is 0.536. The van der Waals surface area contributed by atoms with Crippen molar-refractivity contribution in [2.75, 3.05) is 39.7 Å². The highest BCUT2D eigenvalue weighted by molar-refractivity contribution is 7.99. The molecule has 1 aromatic heterocycles. The third kappa shape index (κ3) is 6.63. The SMILES string of the molecule is COCCNCc1ccc(SCCOC)nc1. The lowest BCUT2D eigenvalue weighted by Crippen LogP contribution is -2.18. The van der Waals surface area contributed by atoms with Gasteiger partial charge in [-0.1, -0.05) is 6.07 Å². The zero-order valence-corrected chi connectivity index (χ0v) is 11.3. The Morgan fingerprint density at radius 2 is 2.06 bits per heavy atom. The predicted octanol–water partition coefficient (Wildman–Crippen LogP) is 1.56. The van der Waals surface area contributed by atoms with Gasteiger partial charge in [0.15, 0.2) is 0 Å². The minimum atomic E-state index is 0.735. The number of aromatic nitrogens is 1. The van der Waals surface area contributed by atoms with Crippen molar-refractivity contribution in [2.24, 2.45) is 0 Å². The average Bonchev–Trinajstić information content (AvgIpc) is 2.37. The first-order chi connectivity index (χ1) is 8.36. The largest absolute Gasteiger partial charge is 0.384 e. The molecule has 17 heavy (non-hydrogen) atoms. The van der Waals surface area contributed by atoms with Gasteiger partial charge < -0.3 is 14.8 Å². The van der Waals surface area contributed by atoms with Gasteiger partial charge in [0, 0.05) is 39.3 Å². The van der Waals surface area contributed by atoms with Gasteiger partial charge in [0.05, 0.1) is 18.2 Å². The molecule has 0 atom stereocenters. The number of nitrogens with zero attached hydrogens (tertiary/aromatic N) is 1. The minimum Gasteiger partial charge on any atom is -0.384 e. The highest BCUT2D eigenvalue weighted by Crippen LogP contribution is 2.14. The fraction of sp³-hybridized carbons (Fsp3) is 0.583. The van der Waals surface area contributed by atoms with E-state index in [1.807, 2.05) is 12.3 Å². The van der Waals surface area contributed by atoms with Crippen LogP contribution in [0.3, 0.4) is 0 Å². The van der Waals surface area contributed by atoms with Gasteiger partial charge in [-0.05, 0) is 11.6 Å². The van der Waals surface area contributed by atoms with Gasteiger partial charge in [-0.25, -0.2) is 4.98 Å². The predicted molar refractivity (Wildman–Crippen MR) is 70.4 cm³/mol. The van der Waals surface area contributed by atoms with Crippen LogP contribution in [0.4, 0.5) is 0 Å². The maximum Gasteiger partial charge on any atom is 0.0960 e. The Hall–Kier alpha value is -0.620. The molecular formula is C12H20N2O2S. The van der Waals surface area contributed by atoms with E-state index in [-0.39, 0.29) is 0 Å². The molecule has 0 bridgehead atoms. The Morgan fingerprint density at radius 1 is 1.24 bits per heavy atom. The monoisotopic (exact) mass is 256 g/mol. The van der Waals surface area contributed by atoms with Crippen molar-refractivity contribution in [2.45, 2.75) is 11.6 Å². The average molecular weight is 256 g/mol. The molecular weight excluding hydrogens is 236 g/mol. The first-order valence-corrected chi connectivity index (χ1v) is 6.61. The lowest BCUT2D eigenvalue weighted by Gasteiger charge is -2.05. The van der Waals surface area contributed by atoms with Gasteiger partial charge in [0.1, 0.15) is 0 Å². The van der Waals surface area contributed by atoms with Crippen molar-refractivity contribution in [3.63, 3.8) is 0 Å². The number of methoxy groups -OCH3 is 2. The molecule has 0 unspecified atom stereocenters. The van der Waals surface area contributed by atoms with E-state index in [0.29, 0.717) is 0 Å². The lowest BCUT2D eigenvalue weighted by atomic mass is 10.3. The van der Waals surface area contributed by atoms with E-state index in [9.17, 15) is 0 Å². The van der Waals surface area contributed by atoms with E-state index in [1.165, 1.54) is 5.56 Å². The van der Waals surface area contributed by atoms with Crippen LogP contribution in [0.15, 0.2) is 23.4 Å². The van der Waals surface area contributed by atoms with Crippen LogP contribution in [0.5, 0.6) is 0 Å². The summed E-state index contributed by atoms with van der Waals surface area (Å²) >= 11 is 1.71. The van der Waals surface area contributed by atoms with E-state index in [1.54, 1.807) is 26.0 Å². The second-order valence-electron chi connectivity index (χ2n) is 3.52. The van der Waals surface area contributed by atoms with Crippen molar-refractivity contribution in [1.29, 1.82) is 0 Å². The Morgan fingerprint density at radius 3 is 2.71 bits per heavy atom. The Balaban J connectivity index is 2.24. The lowest BCUT2D eigenvalue weighted by molar-refractivity contribution is 0.199. The van der Waals surface area contributed by atoms with Crippen molar-refractivity contribution in [3.8, 4) is 0 Å². The van der Waals surface area contributed by atoms with E-state index in [0.717, 1.165) is 37.1 Å². The molecule has 0 saturated heterocycles. The number of thioether (sulfide) groups is 1. The Labute approximate surface area is 107 Å². The van der Waals surface area contributed by atoms with Crippen molar-refractivity contribution in [1.82, 2.24) is 10.3 Å². The molecule has 1 heterocycles. The van der Waals surface area contributed by atoms with Crippen LogP contribution < -0.4 is 5.32 Å². The summed E-state index contributed by atoms with van der Waals surface area (Å²) in [6, 6.07) is 4.15. The van der Waals surface area contributed by atoms with E-state index < -0.39 is 0 Å². The highest BCUT2D eigenvalue weighted by Gasteiger charge is 1.97. The summed E-state index contributed by atoms with van der Waals surface area (Å²) in [6.45, 7) is 3.19. The second-order valence-corrected chi connectivity index (χ2v) is 4.63. The van der Waals surface area contributed by atoms with Crippen LogP contribution in [-0.4, -0.2) is 44.7 Å². The summed E-state index contributed by atoms with van der Waals surface area (Å²) in [6.07, 6.45) is 1.91. The van der Waals surface area contributed by atoms with Crippen molar-refractivity contribution < 1.29 is 9.47 Å². The molecule has 1 aromatic rings. The van der Waals surface area contributed by atoms with E-state index in [4.69, 9.17) is 9.47 Å². The van der Waals surface area contributed by atoms with Gasteiger partial charge in [0.2, 0.25) is 0 Å². The molecule has 0 aliphatic carbocycles. The number of pyridine rings is 1. The van der Waals surface area contributed by atoms with Gasteiger partial charge >= 0.3 is 0 Å². The highest BCUT2D eigenvalue weighted by atomic mass is 32.2. The van der Waals surface area contributed by atoms with Crippen LogP contribution in [0, 0.1) is 0 Å². The van der Waals surface area contributed by atoms with Crippen LogP contribution in [0.2, 0.25) is 0 Å². The molecule has 96 valence electrons. The van der Waals surface area contributed by atoms with Gasteiger partial charge in [-0.15, -0.1) is 11.8 Å². The summed E-state index contributed by atoms with van der Waals surface area (Å²) in [4.78, 5) is 4.39. The molecule has 0 fully saturated rings. The zero-order chi connectivity index (χ0) is 12.3. The second kappa shape index (κ2) is 9.41. The van der Waals surface area contributed by atoms with E-state index in [2.05, 4.69) is 16.4 Å². The van der Waals surface area contributed by atoms with Gasteiger partial charge in [0.25, 0.3) is 0 Å². The molecule has 5 heteroatoms. The Bertz CT molecular complexity index is 293. The van der Waals surface area contributed by atoms with Gasteiger partial charge in [-0.2, -0.15) is 0 Å². The summed E-state index contributed by atoms with van der Waals surface area (Å²) < 4.78 is 9.95. The topological polar surface area (TPSA) is 43.4 Å². The maximum atomic E-state index is 4.99. The van der Waals surface area contributed by atoms with Crippen molar-refractivity contribution >= 4 is 11.8 Å². The molecule has 0 saturated carbocycles. The van der Waals surface area contributed by atoms with Crippen molar-refractivity contribution in [3.05, 3.63) is 23.9 Å². The third-order valence-corrected chi connectivity index (χ3v) is 3.06. The number of hydrogen-bond donors (Lipinski definition) is 1. The minimum absolute atomic E-state index is 0.735. The molecule has 0 spiro atoms. The molecule has 1 rings (SSSR count). The summed E-state index contributed by atoms with van der Waals surface area (Å²) in [5, 5.41) is 4.33. The fourth-order valence-corrected chi connectivity index (χ4v) is 1.99. The first kappa shape index (κ1) is 14.4. The zero-order valence-electron chi connectivity index (χ0n) is 10.4. The summed E-state index contributed by atoms with van der Waals surface area (Å²) in [5.41, 5.74) is 1.19. The number of nitrogens with one attached hydrogen (secondary N) is 1. The molecule has 0 aromatic carbocycles. The van der Waals surface area contributed by atoms with Crippen LogP contribution >= 0.6 is 11.8 Å². The fourth-order valence-electron chi connectivity index (χ4n) is 1.24. The standard InChI is InChI=1S/C12H20N2O2S/c1-15-6-5-13-9-11-3-4-12(14-10-11)17-8-7-16-2/h3-4,10,13H,5-9H2,1-2H3. The number of rotatable bonds is 9. The Kier molecular flexibility index (Phi) is 8.00. The van der Waals surface area contributed by atoms with Gasteiger partial charge in [-0.3, -0.25) is 0 Å². The van der Waals surface area contributed by atoms with Crippen LogP contribution in [0.25, 0.3) is 0 Å².